The van der Waals surface area contributed by atoms with Crippen LogP contribution in [-0.4, -0.2) is 0 Å². The van der Waals surface area contributed by atoms with Gasteiger partial charge in [-0.05, 0) is 24.3 Å². The Morgan fingerprint density at radius 1 is 1.22 bits per heavy atom. The molecule has 0 heterocycles. The highest BCUT2D eigenvalue weighted by Gasteiger charge is 2.06. The van der Waals surface area contributed by atoms with E-state index in [2.05, 4.69) is 15.9 Å². The first-order valence-corrected chi connectivity index (χ1v) is 6.06. The molecule has 2 nitrogen and oxygen atoms in total. The molecule has 18 heavy (non-hydrogen) atoms. The first-order valence-electron chi connectivity index (χ1n) is 5.26. The van der Waals surface area contributed by atoms with Crippen LogP contribution in [0.2, 0.25) is 0 Å². The van der Waals surface area contributed by atoms with Crippen molar-refractivity contribution in [3.63, 3.8) is 0 Å². The molecule has 0 bridgehead atoms. The van der Waals surface area contributed by atoms with Crippen LogP contribution in [-0.2, 0) is 6.61 Å². The highest BCUT2D eigenvalue weighted by molar-refractivity contribution is 9.10. The molecule has 2 aromatic carbocycles. The van der Waals surface area contributed by atoms with Crippen molar-refractivity contribution in [2.45, 2.75) is 6.61 Å². The van der Waals surface area contributed by atoms with Crippen LogP contribution in [0.4, 0.5) is 4.39 Å². The summed E-state index contributed by atoms with van der Waals surface area (Å²) in [5.41, 5.74) is 1.16. The van der Waals surface area contributed by atoms with Gasteiger partial charge in [0.1, 0.15) is 24.2 Å². The Hall–Kier alpha value is -1.86. The molecule has 0 saturated carbocycles. The highest BCUT2D eigenvalue weighted by atomic mass is 79.9. The second-order valence-electron chi connectivity index (χ2n) is 3.63. The Kier molecular flexibility index (Phi) is 3.96. The zero-order valence-electron chi connectivity index (χ0n) is 9.36. The van der Waals surface area contributed by atoms with E-state index >= 15 is 0 Å². The maximum absolute atomic E-state index is 12.9. The van der Waals surface area contributed by atoms with Crippen LogP contribution in [0.25, 0.3) is 0 Å². The zero-order valence-corrected chi connectivity index (χ0v) is 10.9. The second-order valence-corrected chi connectivity index (χ2v) is 4.49. The lowest BCUT2D eigenvalue weighted by atomic mass is 10.2. The minimum atomic E-state index is -0.445. The van der Waals surface area contributed by atoms with E-state index in [0.29, 0.717) is 12.4 Å². The first-order chi connectivity index (χ1) is 8.70. The van der Waals surface area contributed by atoms with Gasteiger partial charge in [0.2, 0.25) is 0 Å². The van der Waals surface area contributed by atoms with E-state index in [4.69, 9.17) is 10.00 Å². The van der Waals surface area contributed by atoms with E-state index < -0.39 is 5.82 Å². The molecular formula is C14H9BrFNO. The van der Waals surface area contributed by atoms with Crippen molar-refractivity contribution in [1.29, 1.82) is 5.26 Å². The molecule has 2 aromatic rings. The van der Waals surface area contributed by atoms with Gasteiger partial charge in [0.15, 0.2) is 0 Å². The van der Waals surface area contributed by atoms with E-state index in [9.17, 15) is 4.39 Å². The van der Waals surface area contributed by atoms with E-state index in [0.717, 1.165) is 16.1 Å². The van der Waals surface area contributed by atoms with Gasteiger partial charge in [-0.15, -0.1) is 0 Å². The van der Waals surface area contributed by atoms with Crippen molar-refractivity contribution >= 4 is 15.9 Å². The summed E-state index contributed by atoms with van der Waals surface area (Å²) in [4.78, 5) is 0. The van der Waals surface area contributed by atoms with Crippen molar-refractivity contribution < 1.29 is 9.13 Å². The Labute approximate surface area is 113 Å². The molecule has 0 amide bonds. The van der Waals surface area contributed by atoms with Crippen LogP contribution in [0.15, 0.2) is 46.9 Å². The van der Waals surface area contributed by atoms with Crippen molar-refractivity contribution in [3.8, 4) is 11.8 Å². The molecule has 0 fully saturated rings. The van der Waals surface area contributed by atoms with Gasteiger partial charge < -0.3 is 4.74 Å². The molecule has 0 aromatic heterocycles. The molecular weight excluding hydrogens is 297 g/mol. The van der Waals surface area contributed by atoms with Gasteiger partial charge in [0.25, 0.3) is 0 Å². The average Bonchev–Trinajstić information content (AvgIpc) is 2.39. The Bertz CT molecular complexity index is 607. The van der Waals surface area contributed by atoms with Crippen LogP contribution in [0.3, 0.4) is 0 Å². The quantitative estimate of drug-likeness (QED) is 0.857. The fourth-order valence-electron chi connectivity index (χ4n) is 1.49. The highest BCUT2D eigenvalue weighted by Crippen LogP contribution is 2.22. The minimum absolute atomic E-state index is 0.196. The molecule has 0 atom stereocenters. The predicted molar refractivity (Wildman–Crippen MR) is 69.6 cm³/mol. The van der Waals surface area contributed by atoms with E-state index in [1.54, 1.807) is 0 Å². The summed E-state index contributed by atoms with van der Waals surface area (Å²) < 4.78 is 19.4. The summed E-state index contributed by atoms with van der Waals surface area (Å²) >= 11 is 3.41. The lowest BCUT2D eigenvalue weighted by molar-refractivity contribution is 0.304. The minimum Gasteiger partial charge on any atom is -0.487 e. The topological polar surface area (TPSA) is 33.0 Å². The average molecular weight is 306 g/mol. The number of hydrogen-bond donors (Lipinski definition) is 0. The molecule has 0 saturated heterocycles. The van der Waals surface area contributed by atoms with Gasteiger partial charge >= 0.3 is 0 Å². The van der Waals surface area contributed by atoms with Crippen LogP contribution >= 0.6 is 15.9 Å². The van der Waals surface area contributed by atoms with Crippen LogP contribution in [0.1, 0.15) is 11.1 Å². The van der Waals surface area contributed by atoms with Gasteiger partial charge in [0.05, 0.1) is 5.56 Å². The number of halogens is 2. The monoisotopic (exact) mass is 305 g/mol. The van der Waals surface area contributed by atoms with Gasteiger partial charge in [-0.3, -0.25) is 0 Å². The van der Waals surface area contributed by atoms with E-state index in [1.807, 2.05) is 30.3 Å². The third-order valence-corrected chi connectivity index (χ3v) is 3.18. The standard InChI is InChI=1S/C14H9BrFNO/c15-13-4-2-1-3-10(13)9-18-14-6-5-12(16)7-11(14)8-17/h1-7H,9H2. The second kappa shape index (κ2) is 5.65. The Morgan fingerprint density at radius 2 is 2.00 bits per heavy atom. The number of nitrogens with zero attached hydrogens (tertiary/aromatic N) is 1. The molecule has 90 valence electrons. The van der Waals surface area contributed by atoms with Crippen LogP contribution in [0, 0.1) is 17.1 Å². The summed E-state index contributed by atoms with van der Waals surface area (Å²) in [5, 5.41) is 8.89. The molecule has 0 aliphatic carbocycles. The molecule has 2 rings (SSSR count). The third kappa shape index (κ3) is 2.88. The molecule has 0 spiro atoms. The van der Waals surface area contributed by atoms with Gasteiger partial charge in [-0.2, -0.15) is 5.26 Å². The number of rotatable bonds is 3. The maximum atomic E-state index is 12.9. The summed E-state index contributed by atoms with van der Waals surface area (Å²) in [6.45, 7) is 0.321. The van der Waals surface area contributed by atoms with Crippen molar-refractivity contribution in [2.75, 3.05) is 0 Å². The fraction of sp³-hybridized carbons (Fsp3) is 0.0714. The first kappa shape index (κ1) is 12.6. The maximum Gasteiger partial charge on any atom is 0.137 e. The largest absolute Gasteiger partial charge is 0.487 e. The number of ether oxygens (including phenoxy) is 1. The lowest BCUT2D eigenvalue weighted by Gasteiger charge is -2.09. The fourth-order valence-corrected chi connectivity index (χ4v) is 1.89. The van der Waals surface area contributed by atoms with Crippen molar-refractivity contribution in [3.05, 3.63) is 63.9 Å². The van der Waals surface area contributed by atoms with E-state index in [1.165, 1.54) is 12.1 Å². The molecule has 0 radical (unpaired) electrons. The van der Waals surface area contributed by atoms with Gasteiger partial charge in [-0.1, -0.05) is 34.1 Å². The summed E-state index contributed by atoms with van der Waals surface area (Å²) in [5.74, 6) is -0.0607. The van der Waals surface area contributed by atoms with Crippen molar-refractivity contribution in [1.82, 2.24) is 0 Å². The third-order valence-electron chi connectivity index (χ3n) is 2.40. The van der Waals surface area contributed by atoms with Crippen LogP contribution in [0.5, 0.6) is 5.75 Å². The SMILES string of the molecule is N#Cc1cc(F)ccc1OCc1ccccc1Br. The summed E-state index contributed by atoms with van der Waals surface area (Å²) in [7, 11) is 0. The zero-order chi connectivity index (χ0) is 13.0. The molecule has 0 N–H and O–H groups in total. The van der Waals surface area contributed by atoms with Crippen LogP contribution < -0.4 is 4.74 Å². The molecule has 0 unspecified atom stereocenters. The van der Waals surface area contributed by atoms with Gasteiger partial charge in [0, 0.05) is 10.0 Å². The normalized spacial score (nSPS) is 9.83. The summed E-state index contributed by atoms with van der Waals surface area (Å²) in [6, 6.07) is 13.4. The molecule has 0 aliphatic heterocycles. The Balaban J connectivity index is 2.16. The molecule has 0 aliphatic rings. The summed E-state index contributed by atoms with van der Waals surface area (Å²) in [6.07, 6.45) is 0. The number of hydrogen-bond acceptors (Lipinski definition) is 2. The van der Waals surface area contributed by atoms with E-state index in [-0.39, 0.29) is 5.56 Å². The number of nitriles is 1. The lowest BCUT2D eigenvalue weighted by Crippen LogP contribution is -1.98. The van der Waals surface area contributed by atoms with Crippen molar-refractivity contribution in [2.24, 2.45) is 0 Å². The predicted octanol–water partition coefficient (Wildman–Crippen LogP) is 4.04. The van der Waals surface area contributed by atoms with Gasteiger partial charge in [-0.25, -0.2) is 4.39 Å². The molecule has 4 heteroatoms. The Morgan fingerprint density at radius 3 is 2.72 bits per heavy atom. The number of benzene rings is 2. The smallest absolute Gasteiger partial charge is 0.137 e.